The zero-order valence-corrected chi connectivity index (χ0v) is 12.9. The molecule has 0 bridgehead atoms. The van der Waals surface area contributed by atoms with E-state index in [-0.39, 0.29) is 16.7 Å². The number of carbonyl (C=O) groups is 2. The van der Waals surface area contributed by atoms with Gasteiger partial charge in [0.2, 0.25) is 5.91 Å². The fourth-order valence-corrected chi connectivity index (χ4v) is 2.46. The SMILES string of the molecule is CC(Br)C(=O)N(C)Cc1cnc(C2CN(C(=O)O)C2)[nH]1. The van der Waals surface area contributed by atoms with Gasteiger partial charge < -0.3 is 19.9 Å². The summed E-state index contributed by atoms with van der Waals surface area (Å²) >= 11 is 3.24. The van der Waals surface area contributed by atoms with Crippen LogP contribution in [0.25, 0.3) is 0 Å². The third kappa shape index (κ3) is 3.12. The highest BCUT2D eigenvalue weighted by Gasteiger charge is 2.33. The van der Waals surface area contributed by atoms with Gasteiger partial charge in [-0.25, -0.2) is 9.78 Å². The summed E-state index contributed by atoms with van der Waals surface area (Å²) < 4.78 is 0. The average Bonchev–Trinajstić information content (AvgIpc) is 2.73. The van der Waals surface area contributed by atoms with Gasteiger partial charge >= 0.3 is 6.09 Å². The molecule has 0 aromatic carbocycles. The van der Waals surface area contributed by atoms with Crippen LogP contribution in [-0.4, -0.2) is 61.8 Å². The largest absolute Gasteiger partial charge is 0.465 e. The van der Waals surface area contributed by atoms with Crippen molar-refractivity contribution in [2.75, 3.05) is 20.1 Å². The quantitative estimate of drug-likeness (QED) is 0.804. The number of halogens is 1. The smallest absolute Gasteiger partial charge is 0.407 e. The number of nitrogens with one attached hydrogen (secondary N) is 1. The summed E-state index contributed by atoms with van der Waals surface area (Å²) in [5.74, 6) is 0.906. The third-order valence-electron chi connectivity index (χ3n) is 3.31. The molecule has 2 amide bonds. The number of imidazole rings is 1. The number of carbonyl (C=O) groups excluding carboxylic acids is 1. The zero-order valence-electron chi connectivity index (χ0n) is 11.3. The number of nitrogens with zero attached hydrogens (tertiary/aromatic N) is 3. The molecular formula is C12H17BrN4O3. The molecule has 0 radical (unpaired) electrons. The van der Waals surface area contributed by atoms with Gasteiger partial charge in [-0.2, -0.15) is 0 Å². The lowest BCUT2D eigenvalue weighted by molar-refractivity contribution is -0.129. The number of amides is 2. The summed E-state index contributed by atoms with van der Waals surface area (Å²) in [6.07, 6.45) is 0.797. The summed E-state index contributed by atoms with van der Waals surface area (Å²) in [7, 11) is 1.73. The number of H-pyrrole nitrogens is 1. The van der Waals surface area contributed by atoms with Crippen molar-refractivity contribution in [3.63, 3.8) is 0 Å². The number of hydrogen-bond acceptors (Lipinski definition) is 3. The van der Waals surface area contributed by atoms with E-state index in [2.05, 4.69) is 25.9 Å². The van der Waals surface area contributed by atoms with Gasteiger partial charge in [0.1, 0.15) is 5.82 Å². The van der Waals surface area contributed by atoms with Crippen LogP contribution in [0.4, 0.5) is 4.79 Å². The molecule has 1 aliphatic heterocycles. The normalized spacial score (nSPS) is 16.6. The Morgan fingerprint density at radius 2 is 2.30 bits per heavy atom. The van der Waals surface area contributed by atoms with Gasteiger partial charge in [-0.15, -0.1) is 0 Å². The van der Waals surface area contributed by atoms with Crippen LogP contribution in [0.15, 0.2) is 6.20 Å². The Balaban J connectivity index is 1.90. The summed E-state index contributed by atoms with van der Waals surface area (Å²) in [6, 6.07) is 0. The molecule has 0 aliphatic carbocycles. The van der Waals surface area contributed by atoms with Crippen LogP contribution in [0, 0.1) is 0 Å². The lowest BCUT2D eigenvalue weighted by Crippen LogP contribution is -2.48. The minimum atomic E-state index is -0.898. The van der Waals surface area contributed by atoms with Gasteiger partial charge in [-0.05, 0) is 6.92 Å². The third-order valence-corrected chi connectivity index (χ3v) is 3.70. The number of alkyl halides is 1. The first-order valence-electron chi connectivity index (χ1n) is 6.29. The maximum atomic E-state index is 11.7. The van der Waals surface area contributed by atoms with E-state index >= 15 is 0 Å². The predicted octanol–water partition coefficient (Wildman–Crippen LogP) is 1.23. The molecule has 2 N–H and O–H groups in total. The second-order valence-electron chi connectivity index (χ2n) is 4.99. The van der Waals surface area contributed by atoms with Crippen molar-refractivity contribution in [1.29, 1.82) is 0 Å². The molecule has 1 aromatic heterocycles. The number of rotatable bonds is 4. The Morgan fingerprint density at radius 3 is 2.85 bits per heavy atom. The van der Waals surface area contributed by atoms with E-state index in [1.54, 1.807) is 25.1 Å². The maximum Gasteiger partial charge on any atom is 0.407 e. The van der Waals surface area contributed by atoms with Crippen molar-refractivity contribution in [3.05, 3.63) is 17.7 Å². The van der Waals surface area contributed by atoms with Crippen molar-refractivity contribution < 1.29 is 14.7 Å². The highest BCUT2D eigenvalue weighted by Crippen LogP contribution is 2.24. The summed E-state index contributed by atoms with van der Waals surface area (Å²) in [6.45, 7) is 3.17. The Labute approximate surface area is 125 Å². The number of carboxylic acid groups (broad SMARTS) is 1. The Kier molecular flexibility index (Phi) is 4.32. The van der Waals surface area contributed by atoms with E-state index in [0.29, 0.717) is 19.6 Å². The molecule has 1 aliphatic rings. The minimum absolute atomic E-state index is 0.00171. The first kappa shape index (κ1) is 14.8. The van der Waals surface area contributed by atoms with E-state index in [0.717, 1.165) is 11.5 Å². The van der Waals surface area contributed by atoms with Gasteiger partial charge in [0, 0.05) is 20.1 Å². The van der Waals surface area contributed by atoms with Gasteiger partial charge in [0.05, 0.1) is 29.2 Å². The van der Waals surface area contributed by atoms with Crippen molar-refractivity contribution >= 4 is 27.9 Å². The predicted molar refractivity (Wildman–Crippen MR) is 75.8 cm³/mol. The Hall–Kier alpha value is -1.57. The van der Waals surface area contributed by atoms with E-state index in [1.165, 1.54) is 4.90 Å². The molecule has 1 saturated heterocycles. The highest BCUT2D eigenvalue weighted by atomic mass is 79.9. The second kappa shape index (κ2) is 5.82. The first-order valence-corrected chi connectivity index (χ1v) is 7.20. The van der Waals surface area contributed by atoms with Crippen LogP contribution < -0.4 is 0 Å². The lowest BCUT2D eigenvalue weighted by Gasteiger charge is -2.35. The molecule has 1 unspecified atom stereocenters. The molecule has 8 heteroatoms. The molecule has 7 nitrogen and oxygen atoms in total. The van der Waals surface area contributed by atoms with Gasteiger partial charge in [0.25, 0.3) is 0 Å². The van der Waals surface area contributed by atoms with Gasteiger partial charge in [0.15, 0.2) is 0 Å². The van der Waals surface area contributed by atoms with E-state index in [9.17, 15) is 9.59 Å². The van der Waals surface area contributed by atoms with Crippen LogP contribution in [0.1, 0.15) is 24.4 Å². The molecule has 1 fully saturated rings. The van der Waals surface area contributed by atoms with Gasteiger partial charge in [-0.1, -0.05) is 15.9 Å². The topological polar surface area (TPSA) is 89.5 Å². The van der Waals surface area contributed by atoms with E-state index in [4.69, 9.17) is 5.11 Å². The van der Waals surface area contributed by atoms with Crippen LogP contribution >= 0.6 is 15.9 Å². The second-order valence-corrected chi connectivity index (χ2v) is 6.36. The maximum absolute atomic E-state index is 11.7. The molecule has 20 heavy (non-hydrogen) atoms. The van der Waals surface area contributed by atoms with Crippen LogP contribution in [0.3, 0.4) is 0 Å². The molecule has 2 rings (SSSR count). The van der Waals surface area contributed by atoms with Crippen molar-refractivity contribution in [2.24, 2.45) is 0 Å². The van der Waals surface area contributed by atoms with Crippen molar-refractivity contribution in [2.45, 2.75) is 24.2 Å². The molecule has 110 valence electrons. The monoisotopic (exact) mass is 344 g/mol. The molecule has 0 saturated carbocycles. The molecule has 1 atom stereocenters. The average molecular weight is 345 g/mol. The van der Waals surface area contributed by atoms with E-state index < -0.39 is 6.09 Å². The standard InChI is InChI=1S/C12H17BrN4O3/c1-7(13)11(18)16(2)6-9-3-14-10(15-9)8-4-17(5-8)12(19)20/h3,7-8H,4-6H2,1-2H3,(H,14,15)(H,19,20). The molecule has 1 aromatic rings. The number of aromatic nitrogens is 2. The Bertz CT molecular complexity index is 511. The summed E-state index contributed by atoms with van der Waals surface area (Å²) in [4.78, 5) is 32.6. The number of hydrogen-bond donors (Lipinski definition) is 2. The summed E-state index contributed by atoms with van der Waals surface area (Å²) in [5.41, 5.74) is 0.845. The van der Waals surface area contributed by atoms with Crippen molar-refractivity contribution in [3.8, 4) is 0 Å². The Morgan fingerprint density at radius 1 is 1.65 bits per heavy atom. The minimum Gasteiger partial charge on any atom is -0.465 e. The van der Waals surface area contributed by atoms with Gasteiger partial charge in [-0.3, -0.25) is 4.79 Å². The van der Waals surface area contributed by atoms with Crippen LogP contribution in [-0.2, 0) is 11.3 Å². The fraction of sp³-hybridized carbons (Fsp3) is 0.583. The number of likely N-dealkylation sites (tertiary alicyclic amines) is 1. The first-order chi connectivity index (χ1) is 9.38. The molecule has 2 heterocycles. The molecule has 0 spiro atoms. The molecular weight excluding hydrogens is 328 g/mol. The van der Waals surface area contributed by atoms with Crippen LogP contribution in [0.2, 0.25) is 0 Å². The van der Waals surface area contributed by atoms with E-state index in [1.807, 2.05) is 0 Å². The number of aromatic amines is 1. The van der Waals surface area contributed by atoms with Crippen LogP contribution in [0.5, 0.6) is 0 Å². The fourth-order valence-electron chi connectivity index (χ4n) is 2.11. The highest BCUT2D eigenvalue weighted by molar-refractivity contribution is 9.10. The summed E-state index contributed by atoms with van der Waals surface area (Å²) in [5, 5.41) is 8.78. The zero-order chi connectivity index (χ0) is 14.9. The van der Waals surface area contributed by atoms with Crippen molar-refractivity contribution in [1.82, 2.24) is 19.8 Å². The lowest BCUT2D eigenvalue weighted by atomic mass is 10.0.